The molecule has 2 aromatic carbocycles. The van der Waals surface area contributed by atoms with Crippen molar-refractivity contribution in [1.82, 2.24) is 15.5 Å². The van der Waals surface area contributed by atoms with Crippen molar-refractivity contribution in [2.45, 2.75) is 31.3 Å². The number of ether oxygens (including phenoxy) is 1. The van der Waals surface area contributed by atoms with Crippen LogP contribution >= 0.6 is 0 Å². The molecule has 0 bridgehead atoms. The number of hydrogen-bond donors (Lipinski definition) is 3. The molecule has 3 N–H and O–H groups in total. The van der Waals surface area contributed by atoms with Crippen molar-refractivity contribution >= 4 is 23.9 Å². The molecule has 0 aromatic heterocycles. The minimum Gasteiger partial charge on any atom is -0.481 e. The second-order valence-electron chi connectivity index (χ2n) is 8.13. The molecule has 0 spiro atoms. The highest BCUT2D eigenvalue weighted by atomic mass is 16.5. The highest BCUT2D eigenvalue weighted by Gasteiger charge is 2.37. The van der Waals surface area contributed by atoms with E-state index in [1.54, 1.807) is 0 Å². The molecule has 172 valence electrons. The molecule has 1 fully saturated rings. The molecule has 33 heavy (non-hydrogen) atoms. The first-order valence-electron chi connectivity index (χ1n) is 10.8. The smallest absolute Gasteiger partial charge is 0.407 e. The first kappa shape index (κ1) is 22.3. The van der Waals surface area contributed by atoms with Gasteiger partial charge in [0.2, 0.25) is 11.8 Å². The van der Waals surface area contributed by atoms with Crippen LogP contribution in [-0.2, 0) is 19.1 Å². The second kappa shape index (κ2) is 9.32. The van der Waals surface area contributed by atoms with E-state index in [0.717, 1.165) is 22.3 Å². The number of carbonyl (C=O) groups excluding carboxylic acids is 3. The van der Waals surface area contributed by atoms with Crippen LogP contribution in [0.25, 0.3) is 11.1 Å². The summed E-state index contributed by atoms with van der Waals surface area (Å²) in [4.78, 5) is 49.7. The average molecular weight is 451 g/mol. The molecule has 2 unspecified atom stereocenters. The highest BCUT2D eigenvalue weighted by molar-refractivity contribution is 5.94. The summed E-state index contributed by atoms with van der Waals surface area (Å²) in [7, 11) is 0. The molecule has 2 aliphatic rings. The lowest BCUT2D eigenvalue weighted by Gasteiger charge is -2.35. The maximum Gasteiger partial charge on any atom is 0.407 e. The highest BCUT2D eigenvalue weighted by Crippen LogP contribution is 2.44. The second-order valence-corrected chi connectivity index (χ2v) is 8.13. The van der Waals surface area contributed by atoms with Crippen LogP contribution in [0.3, 0.4) is 0 Å². The summed E-state index contributed by atoms with van der Waals surface area (Å²) in [5, 5.41) is 14.1. The first-order chi connectivity index (χ1) is 15.9. The number of hydrogen-bond acceptors (Lipinski definition) is 5. The number of piperazine rings is 1. The average Bonchev–Trinajstić information content (AvgIpc) is 3.12. The number of amides is 3. The molecule has 3 amide bonds. The van der Waals surface area contributed by atoms with E-state index in [2.05, 4.69) is 10.6 Å². The van der Waals surface area contributed by atoms with Crippen LogP contribution in [0.1, 0.15) is 30.4 Å². The lowest BCUT2D eigenvalue weighted by atomic mass is 9.98. The SMILES string of the molecule is CC(NC(=O)OCC1c2ccccc2-c2ccccc21)C(=O)N1CCNC(=O)C1CC(=O)O. The molecular weight excluding hydrogens is 426 g/mol. The zero-order valence-corrected chi connectivity index (χ0v) is 18.1. The van der Waals surface area contributed by atoms with Crippen molar-refractivity contribution in [3.63, 3.8) is 0 Å². The minimum atomic E-state index is -1.19. The normalized spacial score (nSPS) is 18.0. The quantitative estimate of drug-likeness (QED) is 0.614. The molecular formula is C24H25N3O6. The number of carboxylic acid groups (broad SMARTS) is 1. The summed E-state index contributed by atoms with van der Waals surface area (Å²) in [5.74, 6) is -2.36. The number of aliphatic carboxylic acids is 1. The summed E-state index contributed by atoms with van der Waals surface area (Å²) in [6, 6.07) is 13.8. The first-order valence-corrected chi connectivity index (χ1v) is 10.8. The van der Waals surface area contributed by atoms with Gasteiger partial charge < -0.3 is 25.4 Å². The van der Waals surface area contributed by atoms with Crippen molar-refractivity contribution in [2.75, 3.05) is 19.7 Å². The molecule has 1 saturated heterocycles. The van der Waals surface area contributed by atoms with E-state index in [-0.39, 0.29) is 25.6 Å². The summed E-state index contributed by atoms with van der Waals surface area (Å²) >= 11 is 0. The van der Waals surface area contributed by atoms with Crippen LogP contribution in [0.5, 0.6) is 0 Å². The molecule has 9 nitrogen and oxygen atoms in total. The number of carboxylic acids is 1. The van der Waals surface area contributed by atoms with Gasteiger partial charge in [0.1, 0.15) is 18.7 Å². The molecule has 0 saturated carbocycles. The van der Waals surface area contributed by atoms with E-state index in [9.17, 15) is 19.2 Å². The maximum absolute atomic E-state index is 12.8. The Hall–Kier alpha value is -3.88. The van der Waals surface area contributed by atoms with Gasteiger partial charge in [0.05, 0.1) is 6.42 Å². The van der Waals surface area contributed by atoms with E-state index in [1.165, 1.54) is 11.8 Å². The Morgan fingerprint density at radius 3 is 2.33 bits per heavy atom. The zero-order valence-electron chi connectivity index (χ0n) is 18.1. The molecule has 4 rings (SSSR count). The number of rotatable bonds is 6. The molecule has 0 radical (unpaired) electrons. The Kier molecular flexibility index (Phi) is 6.30. The third kappa shape index (κ3) is 4.52. The predicted molar refractivity (Wildman–Crippen MR) is 118 cm³/mol. The number of nitrogens with one attached hydrogen (secondary N) is 2. The van der Waals surface area contributed by atoms with Crippen molar-refractivity contribution in [1.29, 1.82) is 0 Å². The standard InChI is InChI=1S/C24H25N3O6/c1-14(23(31)27-11-10-25-22(30)20(27)12-21(28)29)26-24(32)33-13-19-17-8-4-2-6-15(17)16-7-3-5-9-18(16)19/h2-9,14,19-20H,10-13H2,1H3,(H,25,30)(H,26,32)(H,28,29). The van der Waals surface area contributed by atoms with E-state index < -0.39 is 42.4 Å². The Balaban J connectivity index is 1.38. The van der Waals surface area contributed by atoms with Crippen molar-refractivity contribution in [3.05, 3.63) is 59.7 Å². The van der Waals surface area contributed by atoms with Gasteiger partial charge in [-0.15, -0.1) is 0 Å². The summed E-state index contributed by atoms with van der Waals surface area (Å²) in [6.07, 6.45) is -1.26. The molecule has 9 heteroatoms. The van der Waals surface area contributed by atoms with Gasteiger partial charge in [0.15, 0.2) is 0 Å². The minimum absolute atomic E-state index is 0.106. The molecule has 1 aliphatic carbocycles. The van der Waals surface area contributed by atoms with Crippen LogP contribution in [0.2, 0.25) is 0 Å². The Labute approximate surface area is 190 Å². The predicted octanol–water partition coefficient (Wildman–Crippen LogP) is 1.72. The van der Waals surface area contributed by atoms with Crippen LogP contribution < -0.4 is 10.6 Å². The van der Waals surface area contributed by atoms with Crippen molar-refractivity contribution in [3.8, 4) is 11.1 Å². The van der Waals surface area contributed by atoms with Gasteiger partial charge in [0, 0.05) is 19.0 Å². The lowest BCUT2D eigenvalue weighted by Crippen LogP contribution is -2.61. The number of alkyl carbamates (subject to hydrolysis) is 1. The van der Waals surface area contributed by atoms with E-state index in [1.807, 2.05) is 48.5 Å². The van der Waals surface area contributed by atoms with Crippen LogP contribution in [0.15, 0.2) is 48.5 Å². The van der Waals surface area contributed by atoms with Gasteiger partial charge in [-0.1, -0.05) is 48.5 Å². The van der Waals surface area contributed by atoms with Gasteiger partial charge in [-0.3, -0.25) is 14.4 Å². The Bertz CT molecular complexity index is 1060. The van der Waals surface area contributed by atoms with Crippen molar-refractivity contribution in [2.24, 2.45) is 0 Å². The number of benzene rings is 2. The number of carbonyl (C=O) groups is 4. The largest absolute Gasteiger partial charge is 0.481 e. The topological polar surface area (TPSA) is 125 Å². The van der Waals surface area contributed by atoms with Crippen LogP contribution in [0.4, 0.5) is 4.79 Å². The maximum atomic E-state index is 12.8. The van der Waals surface area contributed by atoms with Crippen LogP contribution in [0, 0.1) is 0 Å². The molecule has 1 heterocycles. The lowest BCUT2D eigenvalue weighted by molar-refractivity contribution is -0.149. The molecule has 1 aliphatic heterocycles. The fourth-order valence-corrected chi connectivity index (χ4v) is 4.47. The summed E-state index contributed by atoms with van der Waals surface area (Å²) in [6.45, 7) is 1.97. The molecule has 2 aromatic rings. The number of nitrogens with zero attached hydrogens (tertiary/aromatic N) is 1. The third-order valence-corrected chi connectivity index (χ3v) is 6.03. The van der Waals surface area contributed by atoms with Gasteiger partial charge in [0.25, 0.3) is 0 Å². The Morgan fingerprint density at radius 2 is 1.73 bits per heavy atom. The van der Waals surface area contributed by atoms with Gasteiger partial charge >= 0.3 is 12.1 Å². The van der Waals surface area contributed by atoms with E-state index in [0.29, 0.717) is 0 Å². The Morgan fingerprint density at radius 1 is 1.12 bits per heavy atom. The summed E-state index contributed by atoms with van der Waals surface area (Å²) < 4.78 is 5.47. The summed E-state index contributed by atoms with van der Waals surface area (Å²) in [5.41, 5.74) is 4.37. The van der Waals surface area contributed by atoms with Gasteiger partial charge in [-0.2, -0.15) is 0 Å². The van der Waals surface area contributed by atoms with E-state index in [4.69, 9.17) is 9.84 Å². The van der Waals surface area contributed by atoms with Crippen molar-refractivity contribution < 1.29 is 29.0 Å². The van der Waals surface area contributed by atoms with Crippen LogP contribution in [-0.4, -0.2) is 65.7 Å². The van der Waals surface area contributed by atoms with E-state index >= 15 is 0 Å². The monoisotopic (exact) mass is 451 g/mol. The van der Waals surface area contributed by atoms with Gasteiger partial charge in [-0.25, -0.2) is 4.79 Å². The van der Waals surface area contributed by atoms with Gasteiger partial charge in [-0.05, 0) is 29.2 Å². The molecule has 2 atom stereocenters. The number of fused-ring (bicyclic) bond motifs is 3. The fraction of sp³-hybridized carbons (Fsp3) is 0.333. The third-order valence-electron chi connectivity index (χ3n) is 6.03. The zero-order chi connectivity index (χ0) is 23.5. The fourth-order valence-electron chi connectivity index (χ4n) is 4.47.